The minimum Gasteiger partial charge on any atom is -0.484 e. The highest BCUT2D eigenvalue weighted by Gasteiger charge is 2.17. The van der Waals surface area contributed by atoms with Gasteiger partial charge in [-0.2, -0.15) is 0 Å². The van der Waals surface area contributed by atoms with Gasteiger partial charge in [0.1, 0.15) is 23.9 Å². The Labute approximate surface area is 103 Å². The molecule has 0 bridgehead atoms. The Balaban J connectivity index is 2.20. The minimum atomic E-state index is -0.641. The first-order valence-electron chi connectivity index (χ1n) is 5.06. The molecule has 1 heterocycles. The maximum absolute atomic E-state index is 13.6. The molecule has 3 nitrogen and oxygen atoms in total. The molecule has 0 saturated carbocycles. The van der Waals surface area contributed by atoms with E-state index < -0.39 is 11.9 Å². The number of para-hydroxylation sites is 1. The summed E-state index contributed by atoms with van der Waals surface area (Å²) in [5.41, 5.74) is 0.147. The number of hydrogen-bond acceptors (Lipinski definition) is 3. The van der Waals surface area contributed by atoms with E-state index in [2.05, 4.69) is 9.97 Å². The molecule has 1 unspecified atom stereocenters. The van der Waals surface area contributed by atoms with Gasteiger partial charge in [0.25, 0.3) is 0 Å². The van der Waals surface area contributed by atoms with Crippen molar-refractivity contribution in [2.45, 2.75) is 13.0 Å². The highest BCUT2D eigenvalue weighted by molar-refractivity contribution is 6.29. The van der Waals surface area contributed by atoms with Crippen molar-refractivity contribution in [3.05, 3.63) is 53.3 Å². The van der Waals surface area contributed by atoms with Crippen LogP contribution in [0, 0.1) is 5.82 Å². The molecule has 1 aromatic heterocycles. The van der Waals surface area contributed by atoms with Gasteiger partial charge in [0.05, 0.1) is 0 Å². The van der Waals surface area contributed by atoms with E-state index in [9.17, 15) is 4.39 Å². The van der Waals surface area contributed by atoms with E-state index in [1.807, 2.05) is 18.2 Å². The molecule has 0 spiro atoms. The van der Waals surface area contributed by atoms with Crippen LogP contribution in [0.4, 0.5) is 4.39 Å². The van der Waals surface area contributed by atoms with Gasteiger partial charge in [-0.05, 0) is 19.1 Å². The van der Waals surface area contributed by atoms with Crippen LogP contribution in [0.2, 0.25) is 5.15 Å². The summed E-state index contributed by atoms with van der Waals surface area (Å²) >= 11 is 5.58. The Morgan fingerprint density at radius 2 is 1.94 bits per heavy atom. The first kappa shape index (κ1) is 11.8. The van der Waals surface area contributed by atoms with Crippen molar-refractivity contribution in [3.63, 3.8) is 0 Å². The Morgan fingerprint density at radius 1 is 1.24 bits per heavy atom. The summed E-state index contributed by atoms with van der Waals surface area (Å²) in [4.78, 5) is 7.39. The Morgan fingerprint density at radius 3 is 2.65 bits per heavy atom. The number of aromatic nitrogens is 2. The van der Waals surface area contributed by atoms with E-state index >= 15 is 0 Å². The van der Waals surface area contributed by atoms with Crippen LogP contribution in [0.25, 0.3) is 0 Å². The van der Waals surface area contributed by atoms with Gasteiger partial charge in [0, 0.05) is 0 Å². The van der Waals surface area contributed by atoms with Gasteiger partial charge in [-0.1, -0.05) is 29.8 Å². The predicted molar refractivity (Wildman–Crippen MR) is 62.5 cm³/mol. The second-order valence-corrected chi connectivity index (χ2v) is 3.79. The SMILES string of the molecule is CC(Oc1ccccc1)c1ncnc(Cl)c1F. The monoisotopic (exact) mass is 252 g/mol. The first-order chi connectivity index (χ1) is 8.18. The molecule has 0 amide bonds. The lowest BCUT2D eigenvalue weighted by atomic mass is 10.2. The first-order valence-corrected chi connectivity index (χ1v) is 5.44. The zero-order chi connectivity index (χ0) is 12.3. The van der Waals surface area contributed by atoms with Gasteiger partial charge in [-0.25, -0.2) is 14.4 Å². The lowest BCUT2D eigenvalue weighted by Gasteiger charge is -2.14. The summed E-state index contributed by atoms with van der Waals surface area (Å²) in [5.74, 6) is 0.00623. The van der Waals surface area contributed by atoms with Crippen molar-refractivity contribution in [1.82, 2.24) is 9.97 Å². The molecule has 0 aliphatic carbocycles. The predicted octanol–water partition coefficient (Wildman–Crippen LogP) is 3.41. The molecule has 17 heavy (non-hydrogen) atoms. The fraction of sp³-hybridized carbons (Fsp3) is 0.167. The van der Waals surface area contributed by atoms with Crippen LogP contribution in [-0.2, 0) is 0 Å². The number of benzene rings is 1. The van der Waals surface area contributed by atoms with Gasteiger partial charge >= 0.3 is 0 Å². The lowest BCUT2D eigenvalue weighted by molar-refractivity contribution is 0.215. The van der Waals surface area contributed by atoms with E-state index in [1.165, 1.54) is 6.33 Å². The molecule has 1 atom stereocenters. The van der Waals surface area contributed by atoms with Crippen LogP contribution >= 0.6 is 11.6 Å². The quantitative estimate of drug-likeness (QED) is 0.786. The molecule has 0 aliphatic heterocycles. The van der Waals surface area contributed by atoms with Crippen molar-refractivity contribution in [3.8, 4) is 5.75 Å². The Hall–Kier alpha value is -1.68. The third-order valence-electron chi connectivity index (χ3n) is 2.22. The molecule has 0 radical (unpaired) electrons. The average Bonchev–Trinajstić information content (AvgIpc) is 2.34. The van der Waals surface area contributed by atoms with E-state index in [0.29, 0.717) is 5.75 Å². The van der Waals surface area contributed by atoms with Crippen LogP contribution in [-0.4, -0.2) is 9.97 Å². The number of rotatable bonds is 3. The van der Waals surface area contributed by atoms with Gasteiger partial charge in [0.15, 0.2) is 11.0 Å². The summed E-state index contributed by atoms with van der Waals surface area (Å²) in [6, 6.07) is 9.13. The van der Waals surface area contributed by atoms with Crippen molar-refractivity contribution in [1.29, 1.82) is 0 Å². The second kappa shape index (κ2) is 5.10. The fourth-order valence-electron chi connectivity index (χ4n) is 1.40. The maximum Gasteiger partial charge on any atom is 0.185 e. The van der Waals surface area contributed by atoms with E-state index in [1.54, 1.807) is 19.1 Å². The van der Waals surface area contributed by atoms with E-state index in [0.717, 1.165) is 0 Å². The van der Waals surface area contributed by atoms with Crippen molar-refractivity contribution >= 4 is 11.6 Å². The summed E-state index contributed by atoms with van der Waals surface area (Å²) in [6.45, 7) is 1.70. The van der Waals surface area contributed by atoms with Crippen LogP contribution in [0.15, 0.2) is 36.7 Å². The summed E-state index contributed by atoms with van der Waals surface area (Å²) in [7, 11) is 0. The molecular formula is C12H10ClFN2O. The van der Waals surface area contributed by atoms with Crippen LogP contribution in [0.3, 0.4) is 0 Å². The van der Waals surface area contributed by atoms with Crippen molar-refractivity contribution in [2.24, 2.45) is 0 Å². The normalized spacial score (nSPS) is 12.2. The van der Waals surface area contributed by atoms with Crippen molar-refractivity contribution in [2.75, 3.05) is 0 Å². The summed E-state index contributed by atoms with van der Waals surface area (Å²) in [6.07, 6.45) is 0.684. The Kier molecular flexibility index (Phi) is 3.54. The van der Waals surface area contributed by atoms with E-state index in [-0.39, 0.29) is 10.8 Å². The molecule has 0 fully saturated rings. The minimum absolute atomic E-state index is 0.147. The fourth-order valence-corrected chi connectivity index (χ4v) is 1.54. The largest absolute Gasteiger partial charge is 0.484 e. The third-order valence-corrected chi connectivity index (χ3v) is 2.48. The van der Waals surface area contributed by atoms with Gasteiger partial charge in [0.2, 0.25) is 0 Å². The Bertz CT molecular complexity index is 507. The van der Waals surface area contributed by atoms with E-state index in [4.69, 9.17) is 16.3 Å². The maximum atomic E-state index is 13.6. The smallest absolute Gasteiger partial charge is 0.185 e. The topological polar surface area (TPSA) is 35.0 Å². The number of hydrogen-bond donors (Lipinski definition) is 0. The summed E-state index contributed by atoms with van der Waals surface area (Å²) in [5, 5.41) is -0.196. The van der Waals surface area contributed by atoms with Gasteiger partial charge < -0.3 is 4.74 Å². The van der Waals surface area contributed by atoms with Gasteiger partial charge in [-0.3, -0.25) is 0 Å². The second-order valence-electron chi connectivity index (χ2n) is 3.44. The summed E-state index contributed by atoms with van der Waals surface area (Å²) < 4.78 is 19.2. The molecule has 0 aliphatic rings. The highest BCUT2D eigenvalue weighted by Crippen LogP contribution is 2.23. The van der Waals surface area contributed by atoms with Crippen molar-refractivity contribution < 1.29 is 9.13 Å². The molecule has 0 N–H and O–H groups in total. The zero-order valence-corrected chi connectivity index (χ0v) is 9.86. The van der Waals surface area contributed by atoms with Crippen LogP contribution < -0.4 is 4.74 Å². The average molecular weight is 253 g/mol. The van der Waals surface area contributed by atoms with Crippen LogP contribution in [0.5, 0.6) is 5.75 Å². The van der Waals surface area contributed by atoms with Gasteiger partial charge in [-0.15, -0.1) is 0 Å². The van der Waals surface area contributed by atoms with Crippen LogP contribution in [0.1, 0.15) is 18.7 Å². The molecule has 2 rings (SSSR count). The highest BCUT2D eigenvalue weighted by atomic mass is 35.5. The molecule has 1 aromatic carbocycles. The molecule has 88 valence electrons. The number of ether oxygens (including phenoxy) is 1. The molecular weight excluding hydrogens is 243 g/mol. The standard InChI is InChI=1S/C12H10ClFN2O/c1-8(17-9-5-3-2-4-6-9)11-10(14)12(13)16-7-15-11/h2-8H,1H3. The molecule has 5 heteroatoms. The number of nitrogens with zero attached hydrogens (tertiary/aromatic N) is 2. The molecule has 2 aromatic rings. The number of halogens is 2. The molecule has 0 saturated heterocycles. The zero-order valence-electron chi connectivity index (χ0n) is 9.10. The lowest BCUT2D eigenvalue weighted by Crippen LogP contribution is -2.09. The third kappa shape index (κ3) is 2.71.